The van der Waals surface area contributed by atoms with Gasteiger partial charge in [-0.25, -0.2) is 4.39 Å². The molecule has 2 aliphatic rings. The van der Waals surface area contributed by atoms with E-state index in [-0.39, 0.29) is 17.3 Å². The van der Waals surface area contributed by atoms with Gasteiger partial charge in [0.2, 0.25) is 0 Å². The summed E-state index contributed by atoms with van der Waals surface area (Å²) in [5, 5.41) is 20.1. The Labute approximate surface area is 216 Å². The Balaban J connectivity index is 1.61. The standard InChI is InChI=1S/C29H22FN3O3S/c30-21-11-9-20(10-12-21)27-29(17-3-6-19-5-1-2-7-24(19)28(29)34)26(25-8-4-18-37-25)31-32(27)22-13-15-23(16-14-22)33(35)36/h1-2,4-5,7-16,18,27H,3,6,17H2. The van der Waals surface area contributed by atoms with Gasteiger partial charge in [-0.1, -0.05) is 42.5 Å². The molecule has 1 spiro atoms. The number of carbonyl (C=O) groups is 1. The van der Waals surface area contributed by atoms with Crippen molar-refractivity contribution < 1.29 is 14.1 Å². The molecule has 2 heterocycles. The Morgan fingerprint density at radius 3 is 2.46 bits per heavy atom. The fourth-order valence-corrected chi connectivity index (χ4v) is 6.43. The second-order valence-corrected chi connectivity index (χ2v) is 10.3. The molecular weight excluding hydrogens is 489 g/mol. The summed E-state index contributed by atoms with van der Waals surface area (Å²) in [5.74, 6) is -0.374. The highest BCUT2D eigenvalue weighted by Gasteiger charge is 2.58. The van der Waals surface area contributed by atoms with Crippen LogP contribution in [0, 0.1) is 21.3 Å². The van der Waals surface area contributed by atoms with Crippen LogP contribution in [0.4, 0.5) is 15.8 Å². The number of nitro benzene ring substituents is 1. The van der Waals surface area contributed by atoms with Crippen LogP contribution in [-0.2, 0) is 6.42 Å². The molecule has 6 nitrogen and oxygen atoms in total. The van der Waals surface area contributed by atoms with Crippen LogP contribution < -0.4 is 5.01 Å². The van der Waals surface area contributed by atoms with Gasteiger partial charge in [0.15, 0.2) is 5.78 Å². The zero-order chi connectivity index (χ0) is 25.6. The monoisotopic (exact) mass is 511 g/mol. The average molecular weight is 512 g/mol. The minimum atomic E-state index is -1.03. The fourth-order valence-electron chi connectivity index (χ4n) is 5.64. The van der Waals surface area contributed by atoms with Gasteiger partial charge < -0.3 is 0 Å². The third-order valence-electron chi connectivity index (χ3n) is 7.29. The summed E-state index contributed by atoms with van der Waals surface area (Å²) >= 11 is 1.52. The number of hydrazone groups is 1. The predicted molar refractivity (Wildman–Crippen MR) is 142 cm³/mol. The number of hydrogen-bond acceptors (Lipinski definition) is 6. The number of thiophene rings is 1. The van der Waals surface area contributed by atoms with Crippen molar-refractivity contribution in [1.29, 1.82) is 0 Å². The molecule has 8 heteroatoms. The normalized spacial score (nSPS) is 21.0. The fraction of sp³-hybridized carbons (Fsp3) is 0.172. The Hall–Kier alpha value is -4.17. The Morgan fingerprint density at radius 2 is 1.76 bits per heavy atom. The van der Waals surface area contributed by atoms with Crippen molar-refractivity contribution in [2.24, 2.45) is 10.5 Å². The van der Waals surface area contributed by atoms with Gasteiger partial charge in [-0.3, -0.25) is 19.9 Å². The van der Waals surface area contributed by atoms with Gasteiger partial charge in [0.05, 0.1) is 27.2 Å². The topological polar surface area (TPSA) is 75.8 Å². The number of non-ortho nitro benzene ring substituents is 1. The summed E-state index contributed by atoms with van der Waals surface area (Å²) in [6.45, 7) is 0. The second-order valence-electron chi connectivity index (χ2n) is 9.31. The highest BCUT2D eigenvalue weighted by Crippen LogP contribution is 2.55. The van der Waals surface area contributed by atoms with Crippen LogP contribution in [0.25, 0.3) is 0 Å². The Bertz CT molecular complexity index is 1520. The molecule has 0 saturated carbocycles. The molecule has 1 aromatic heterocycles. The minimum Gasteiger partial charge on any atom is -0.293 e. The molecular formula is C29H22FN3O3S. The first-order valence-corrected chi connectivity index (χ1v) is 12.9. The highest BCUT2D eigenvalue weighted by molar-refractivity contribution is 7.12. The van der Waals surface area contributed by atoms with Crippen LogP contribution >= 0.6 is 11.3 Å². The summed E-state index contributed by atoms with van der Waals surface area (Å²) in [6.07, 6.45) is 2.11. The lowest BCUT2D eigenvalue weighted by molar-refractivity contribution is -0.384. The molecule has 0 N–H and O–H groups in total. The Kier molecular flexibility index (Phi) is 5.68. The van der Waals surface area contributed by atoms with E-state index in [4.69, 9.17) is 5.10 Å². The predicted octanol–water partition coefficient (Wildman–Crippen LogP) is 6.97. The van der Waals surface area contributed by atoms with Crippen molar-refractivity contribution in [3.05, 3.63) is 128 Å². The number of carbonyl (C=O) groups excluding carboxylic acids is 1. The zero-order valence-electron chi connectivity index (χ0n) is 19.7. The van der Waals surface area contributed by atoms with Crippen molar-refractivity contribution in [1.82, 2.24) is 0 Å². The lowest BCUT2D eigenvalue weighted by Crippen LogP contribution is -2.44. The molecule has 0 radical (unpaired) electrons. The molecule has 2 atom stereocenters. The van der Waals surface area contributed by atoms with Gasteiger partial charge in [-0.05, 0) is 66.1 Å². The van der Waals surface area contributed by atoms with Gasteiger partial charge in [0.25, 0.3) is 5.69 Å². The molecule has 0 amide bonds. The number of nitrogens with zero attached hydrogens (tertiary/aromatic N) is 3. The van der Waals surface area contributed by atoms with Crippen molar-refractivity contribution in [3.8, 4) is 0 Å². The van der Waals surface area contributed by atoms with Crippen LogP contribution in [0.3, 0.4) is 0 Å². The van der Waals surface area contributed by atoms with Crippen LogP contribution in [0.5, 0.6) is 0 Å². The molecule has 0 saturated heterocycles. The van der Waals surface area contributed by atoms with Crippen LogP contribution in [-0.4, -0.2) is 16.4 Å². The molecule has 0 bridgehead atoms. The van der Waals surface area contributed by atoms with Crippen LogP contribution in [0.1, 0.15) is 45.2 Å². The maximum atomic E-state index is 14.7. The van der Waals surface area contributed by atoms with E-state index in [0.29, 0.717) is 23.4 Å². The van der Waals surface area contributed by atoms with Gasteiger partial charge in [0.1, 0.15) is 11.2 Å². The molecule has 4 aromatic rings. The number of hydrogen-bond donors (Lipinski definition) is 0. The first-order valence-electron chi connectivity index (χ1n) is 12.0. The van der Waals surface area contributed by atoms with Gasteiger partial charge in [-0.15, -0.1) is 11.3 Å². The lowest BCUT2D eigenvalue weighted by Gasteiger charge is -2.37. The quantitative estimate of drug-likeness (QED) is 0.219. The van der Waals surface area contributed by atoms with Crippen LogP contribution in [0.2, 0.25) is 0 Å². The lowest BCUT2D eigenvalue weighted by atomic mass is 9.66. The largest absolute Gasteiger partial charge is 0.293 e. The summed E-state index contributed by atoms with van der Waals surface area (Å²) < 4.78 is 14.0. The van der Waals surface area contributed by atoms with E-state index in [1.165, 1.54) is 35.6 Å². The molecule has 37 heavy (non-hydrogen) atoms. The van der Waals surface area contributed by atoms with Crippen molar-refractivity contribution >= 4 is 34.2 Å². The molecule has 3 aromatic carbocycles. The van der Waals surface area contributed by atoms with E-state index >= 15 is 0 Å². The zero-order valence-corrected chi connectivity index (χ0v) is 20.5. The SMILES string of the molecule is O=C1c2ccccc2CCCC12C(c1cccs1)=NN(c1ccc([N+](=O)[O-])cc1)C2c1ccc(F)cc1. The first-order chi connectivity index (χ1) is 18.0. The van der Waals surface area contributed by atoms with E-state index < -0.39 is 16.4 Å². The molecule has 6 rings (SSSR count). The number of rotatable bonds is 4. The van der Waals surface area contributed by atoms with E-state index in [2.05, 4.69) is 0 Å². The summed E-state index contributed by atoms with van der Waals surface area (Å²) in [5.41, 5.74) is 2.69. The van der Waals surface area contributed by atoms with E-state index in [0.717, 1.165) is 28.8 Å². The molecule has 2 unspecified atom stereocenters. The minimum absolute atomic E-state index is 0.00788. The van der Waals surface area contributed by atoms with Crippen molar-refractivity contribution in [2.45, 2.75) is 25.3 Å². The van der Waals surface area contributed by atoms with E-state index in [1.807, 2.05) is 41.8 Å². The number of halogens is 1. The Morgan fingerprint density at radius 1 is 1.00 bits per heavy atom. The number of Topliss-reactive ketones (excluding diaryl/α,β-unsaturated/α-hetero) is 1. The number of ketones is 1. The smallest absolute Gasteiger partial charge is 0.269 e. The first kappa shape index (κ1) is 23.2. The number of fused-ring (bicyclic) bond motifs is 1. The highest BCUT2D eigenvalue weighted by atomic mass is 32.1. The summed E-state index contributed by atoms with van der Waals surface area (Å²) in [6, 6.07) is 23.4. The number of benzene rings is 3. The third-order valence-corrected chi connectivity index (χ3v) is 8.17. The van der Waals surface area contributed by atoms with Crippen molar-refractivity contribution in [3.63, 3.8) is 0 Å². The number of anilines is 1. The maximum absolute atomic E-state index is 14.7. The maximum Gasteiger partial charge on any atom is 0.269 e. The van der Waals surface area contributed by atoms with E-state index in [9.17, 15) is 19.3 Å². The third kappa shape index (κ3) is 3.76. The van der Waals surface area contributed by atoms with Gasteiger partial charge in [0, 0.05) is 17.7 Å². The average Bonchev–Trinajstić information content (AvgIpc) is 3.53. The van der Waals surface area contributed by atoms with Crippen molar-refractivity contribution in [2.75, 3.05) is 5.01 Å². The van der Waals surface area contributed by atoms with Gasteiger partial charge >= 0.3 is 0 Å². The summed E-state index contributed by atoms with van der Waals surface area (Å²) in [7, 11) is 0. The van der Waals surface area contributed by atoms with Crippen LogP contribution in [0.15, 0.2) is 95.4 Å². The second kappa shape index (κ2) is 9.05. The number of aryl methyl sites for hydroxylation is 1. The summed E-state index contributed by atoms with van der Waals surface area (Å²) in [4.78, 5) is 26.4. The molecule has 0 fully saturated rings. The molecule has 1 aliphatic heterocycles. The number of nitro groups is 1. The molecule has 184 valence electrons. The van der Waals surface area contributed by atoms with Gasteiger partial charge in [-0.2, -0.15) is 5.10 Å². The van der Waals surface area contributed by atoms with E-state index in [1.54, 1.807) is 29.3 Å². The molecule has 1 aliphatic carbocycles.